The van der Waals surface area contributed by atoms with Gasteiger partial charge in [0.05, 0.1) is 4.90 Å². The molecule has 1 aromatic heterocycles. The van der Waals surface area contributed by atoms with Crippen molar-refractivity contribution in [2.75, 3.05) is 18.4 Å². The Morgan fingerprint density at radius 1 is 1.00 bits per heavy atom. The summed E-state index contributed by atoms with van der Waals surface area (Å²) in [5.41, 5.74) is 1.16. The predicted octanol–water partition coefficient (Wildman–Crippen LogP) is 3.56. The highest BCUT2D eigenvalue weighted by atomic mass is 32.2. The van der Waals surface area contributed by atoms with E-state index in [9.17, 15) is 18.0 Å². The van der Waals surface area contributed by atoms with E-state index in [4.69, 9.17) is 0 Å². The maximum Gasteiger partial charge on any atom is 0.286 e. The lowest BCUT2D eigenvalue weighted by Gasteiger charge is -2.30. The minimum absolute atomic E-state index is 0.0531. The average molecular weight is 471 g/mol. The molecule has 0 radical (unpaired) electrons. The summed E-state index contributed by atoms with van der Waals surface area (Å²) >= 11 is 1.24. The topological polar surface area (TPSA) is 109 Å². The van der Waals surface area contributed by atoms with Gasteiger partial charge in [0.15, 0.2) is 5.78 Å². The van der Waals surface area contributed by atoms with Gasteiger partial charge in [-0.15, -0.1) is 10.2 Å². The minimum atomic E-state index is -3.63. The highest BCUT2D eigenvalue weighted by Crippen LogP contribution is 2.32. The van der Waals surface area contributed by atoms with E-state index >= 15 is 0 Å². The normalized spacial score (nSPS) is 15.4. The highest BCUT2D eigenvalue weighted by molar-refractivity contribution is 7.89. The van der Waals surface area contributed by atoms with Crippen LogP contribution in [0.2, 0.25) is 0 Å². The molecule has 4 rings (SSSR count). The molecular weight excluding hydrogens is 448 g/mol. The summed E-state index contributed by atoms with van der Waals surface area (Å²) in [4.78, 5) is 24.0. The van der Waals surface area contributed by atoms with Crippen molar-refractivity contribution in [3.63, 3.8) is 0 Å². The number of anilines is 1. The molecule has 0 unspecified atom stereocenters. The van der Waals surface area contributed by atoms with Crippen LogP contribution in [0.1, 0.15) is 50.9 Å². The van der Waals surface area contributed by atoms with E-state index in [-0.39, 0.29) is 27.5 Å². The number of rotatable bonds is 6. The van der Waals surface area contributed by atoms with Gasteiger partial charge in [-0.3, -0.25) is 9.59 Å². The lowest BCUT2D eigenvalue weighted by Crippen LogP contribution is -2.37. The minimum Gasteiger partial charge on any atom is -0.320 e. The Bertz CT molecular complexity index is 1220. The molecule has 1 N–H and O–H groups in total. The number of carbonyl (C=O) groups excluding carboxylic acids is 2. The fourth-order valence-electron chi connectivity index (χ4n) is 3.55. The molecule has 0 bridgehead atoms. The standard InChI is InChI=1S/C22H22N4O4S2/c1-15(27)16-7-9-19(10-8-16)32(29,30)26-13-11-17(12-14-26)21-24-25-22(31-21)20(28)23-18-5-3-2-4-6-18/h2-10,17H,11-14H2,1H3,(H,23,28). The Morgan fingerprint density at radius 2 is 1.66 bits per heavy atom. The van der Waals surface area contributed by atoms with Gasteiger partial charge in [-0.25, -0.2) is 8.42 Å². The average Bonchev–Trinajstić information content (AvgIpc) is 3.30. The Morgan fingerprint density at radius 3 is 2.28 bits per heavy atom. The van der Waals surface area contributed by atoms with E-state index in [0.717, 1.165) is 5.01 Å². The van der Waals surface area contributed by atoms with Crippen molar-refractivity contribution in [1.29, 1.82) is 0 Å². The van der Waals surface area contributed by atoms with Crippen molar-refractivity contribution in [1.82, 2.24) is 14.5 Å². The number of para-hydroxylation sites is 1. The third kappa shape index (κ3) is 4.77. The zero-order chi connectivity index (χ0) is 22.7. The van der Waals surface area contributed by atoms with E-state index in [0.29, 0.717) is 37.2 Å². The summed E-state index contributed by atoms with van der Waals surface area (Å²) in [5.74, 6) is -0.366. The zero-order valence-electron chi connectivity index (χ0n) is 17.4. The number of nitrogens with zero attached hydrogens (tertiary/aromatic N) is 3. The summed E-state index contributed by atoms with van der Waals surface area (Å²) in [5, 5.41) is 12.0. The summed E-state index contributed by atoms with van der Waals surface area (Å²) in [6, 6.07) is 15.1. The first-order chi connectivity index (χ1) is 15.3. The van der Waals surface area contributed by atoms with Crippen LogP contribution in [0.25, 0.3) is 0 Å². The largest absolute Gasteiger partial charge is 0.320 e. The first-order valence-corrected chi connectivity index (χ1v) is 12.4. The summed E-state index contributed by atoms with van der Waals surface area (Å²) in [6.45, 7) is 2.15. The fourth-order valence-corrected chi connectivity index (χ4v) is 5.93. The van der Waals surface area contributed by atoms with Gasteiger partial charge < -0.3 is 5.32 Å². The van der Waals surface area contributed by atoms with E-state index in [1.165, 1.54) is 46.8 Å². The van der Waals surface area contributed by atoms with Crippen molar-refractivity contribution >= 4 is 38.7 Å². The first-order valence-electron chi connectivity index (χ1n) is 10.2. The molecule has 0 saturated carbocycles. The van der Waals surface area contributed by atoms with Crippen LogP contribution in [0, 0.1) is 0 Å². The lowest BCUT2D eigenvalue weighted by molar-refractivity contribution is 0.101. The number of carbonyl (C=O) groups is 2. The molecule has 1 aliphatic heterocycles. The van der Waals surface area contributed by atoms with Gasteiger partial charge in [-0.1, -0.05) is 41.7 Å². The molecule has 1 amide bonds. The lowest BCUT2D eigenvalue weighted by atomic mass is 9.99. The van der Waals surface area contributed by atoms with Gasteiger partial charge in [-0.05, 0) is 44.0 Å². The van der Waals surface area contributed by atoms with Crippen LogP contribution in [0.3, 0.4) is 0 Å². The predicted molar refractivity (Wildman–Crippen MR) is 121 cm³/mol. The molecule has 1 saturated heterocycles. The van der Waals surface area contributed by atoms with Crippen LogP contribution in [0.15, 0.2) is 59.5 Å². The number of piperidine rings is 1. The Hall–Kier alpha value is -2.95. The molecule has 8 nitrogen and oxygen atoms in total. The number of benzene rings is 2. The number of amides is 1. The highest BCUT2D eigenvalue weighted by Gasteiger charge is 2.31. The van der Waals surface area contributed by atoms with Gasteiger partial charge in [0, 0.05) is 30.3 Å². The number of Topliss-reactive ketones (excluding diaryl/α,β-unsaturated/α-hetero) is 1. The van der Waals surface area contributed by atoms with Crippen molar-refractivity contribution in [2.45, 2.75) is 30.6 Å². The van der Waals surface area contributed by atoms with E-state index in [1.807, 2.05) is 18.2 Å². The molecule has 1 aliphatic rings. The molecule has 0 spiro atoms. The molecule has 10 heteroatoms. The maximum atomic E-state index is 12.9. The van der Waals surface area contributed by atoms with Crippen LogP contribution in [-0.4, -0.2) is 47.7 Å². The molecule has 2 aromatic carbocycles. The number of ketones is 1. The van der Waals surface area contributed by atoms with Crippen LogP contribution >= 0.6 is 11.3 Å². The SMILES string of the molecule is CC(=O)c1ccc(S(=O)(=O)N2CCC(c3nnc(C(=O)Nc4ccccc4)s3)CC2)cc1. The van der Waals surface area contributed by atoms with Gasteiger partial charge in [0.2, 0.25) is 15.0 Å². The monoisotopic (exact) mass is 470 g/mol. The number of aromatic nitrogens is 2. The molecule has 166 valence electrons. The molecular formula is C22H22N4O4S2. The quantitative estimate of drug-likeness (QED) is 0.552. The number of hydrogen-bond donors (Lipinski definition) is 1. The molecule has 2 heterocycles. The van der Waals surface area contributed by atoms with Gasteiger partial charge in [0.25, 0.3) is 5.91 Å². The Kier molecular flexibility index (Phi) is 6.45. The Labute approximate surface area is 190 Å². The smallest absolute Gasteiger partial charge is 0.286 e. The molecule has 3 aromatic rings. The third-order valence-electron chi connectivity index (χ3n) is 5.37. The van der Waals surface area contributed by atoms with E-state index in [2.05, 4.69) is 15.5 Å². The first kappa shape index (κ1) is 22.3. The molecule has 0 aliphatic carbocycles. The van der Waals surface area contributed by atoms with Crippen molar-refractivity contribution in [3.05, 3.63) is 70.2 Å². The molecule has 0 atom stereocenters. The summed E-state index contributed by atoms with van der Waals surface area (Å²) in [6.07, 6.45) is 1.19. The Balaban J connectivity index is 1.38. The van der Waals surface area contributed by atoms with Crippen molar-refractivity contribution in [2.24, 2.45) is 0 Å². The number of nitrogens with one attached hydrogen (secondary N) is 1. The van der Waals surface area contributed by atoms with E-state index < -0.39 is 10.0 Å². The van der Waals surface area contributed by atoms with Gasteiger partial charge in [0.1, 0.15) is 5.01 Å². The van der Waals surface area contributed by atoms with Gasteiger partial charge >= 0.3 is 0 Å². The van der Waals surface area contributed by atoms with Crippen LogP contribution in [0.4, 0.5) is 5.69 Å². The summed E-state index contributed by atoms with van der Waals surface area (Å²) in [7, 11) is -3.63. The number of sulfonamides is 1. The van der Waals surface area contributed by atoms with Crippen LogP contribution in [-0.2, 0) is 10.0 Å². The fraction of sp³-hybridized carbons (Fsp3) is 0.273. The summed E-state index contributed by atoms with van der Waals surface area (Å²) < 4.78 is 27.3. The maximum absolute atomic E-state index is 12.9. The zero-order valence-corrected chi connectivity index (χ0v) is 19.0. The van der Waals surface area contributed by atoms with E-state index in [1.54, 1.807) is 12.1 Å². The van der Waals surface area contributed by atoms with Crippen LogP contribution < -0.4 is 5.32 Å². The second kappa shape index (κ2) is 9.27. The van der Waals surface area contributed by atoms with Crippen molar-refractivity contribution < 1.29 is 18.0 Å². The third-order valence-corrected chi connectivity index (χ3v) is 8.37. The van der Waals surface area contributed by atoms with Crippen LogP contribution in [0.5, 0.6) is 0 Å². The van der Waals surface area contributed by atoms with Gasteiger partial charge in [-0.2, -0.15) is 4.31 Å². The molecule has 1 fully saturated rings. The number of hydrogen-bond acceptors (Lipinski definition) is 7. The second-order valence-electron chi connectivity index (χ2n) is 7.52. The molecule has 32 heavy (non-hydrogen) atoms. The second-order valence-corrected chi connectivity index (χ2v) is 10.5. The van der Waals surface area contributed by atoms with Crippen molar-refractivity contribution in [3.8, 4) is 0 Å².